The van der Waals surface area contributed by atoms with Gasteiger partial charge in [-0.1, -0.05) is 0 Å². The lowest BCUT2D eigenvalue weighted by atomic mass is 10.0. The molecule has 0 aliphatic carbocycles. The van der Waals surface area contributed by atoms with E-state index in [2.05, 4.69) is 10.1 Å². The van der Waals surface area contributed by atoms with Crippen LogP contribution in [0.15, 0.2) is 0 Å². The topological polar surface area (TPSA) is 55.4 Å². The number of piperidine rings is 1. The molecular formula is C7H11NO3. The molecule has 1 heterocycles. The molecule has 1 N–H and O–H groups in total. The molecule has 0 bridgehead atoms. The normalized spacial score (nSPS) is 24.8. The second kappa shape index (κ2) is 3.48. The monoisotopic (exact) mass is 157 g/mol. The zero-order valence-electron chi connectivity index (χ0n) is 6.42. The smallest absolute Gasteiger partial charge is 0.322 e. The zero-order valence-corrected chi connectivity index (χ0v) is 6.42. The highest BCUT2D eigenvalue weighted by atomic mass is 16.5. The molecule has 0 spiro atoms. The molecule has 1 aliphatic rings. The first kappa shape index (κ1) is 8.20. The third-order valence-corrected chi connectivity index (χ3v) is 1.74. The lowest BCUT2D eigenvalue weighted by molar-refractivity contribution is -0.144. The van der Waals surface area contributed by atoms with E-state index in [1.807, 2.05) is 0 Å². The van der Waals surface area contributed by atoms with Crippen LogP contribution in [0.1, 0.15) is 12.8 Å². The molecule has 4 nitrogen and oxygen atoms in total. The van der Waals surface area contributed by atoms with E-state index >= 15 is 0 Å². The molecular weight excluding hydrogens is 146 g/mol. The molecule has 0 aromatic heterocycles. The Morgan fingerprint density at radius 1 is 1.73 bits per heavy atom. The Bertz CT molecular complexity index is 169. The second-order valence-corrected chi connectivity index (χ2v) is 2.53. The highest BCUT2D eigenvalue weighted by molar-refractivity contribution is 5.85. The van der Waals surface area contributed by atoms with Crippen molar-refractivity contribution in [3.63, 3.8) is 0 Å². The van der Waals surface area contributed by atoms with Crippen molar-refractivity contribution in [2.75, 3.05) is 13.7 Å². The summed E-state index contributed by atoms with van der Waals surface area (Å²) in [6, 6.07) is -0.280. The summed E-state index contributed by atoms with van der Waals surface area (Å²) < 4.78 is 4.51. The largest absolute Gasteiger partial charge is 0.468 e. The number of carbonyl (C=O) groups excluding carboxylic acids is 2. The predicted molar refractivity (Wildman–Crippen MR) is 38.0 cm³/mol. The van der Waals surface area contributed by atoms with Crippen LogP contribution in [0.5, 0.6) is 0 Å². The molecule has 11 heavy (non-hydrogen) atoms. The van der Waals surface area contributed by atoms with Gasteiger partial charge in [0, 0.05) is 6.42 Å². The van der Waals surface area contributed by atoms with E-state index < -0.39 is 0 Å². The lowest BCUT2D eigenvalue weighted by Gasteiger charge is -2.19. The Hall–Kier alpha value is -0.900. The Kier molecular flexibility index (Phi) is 2.59. The Morgan fingerprint density at radius 2 is 2.45 bits per heavy atom. The fourth-order valence-corrected chi connectivity index (χ4v) is 1.08. The van der Waals surface area contributed by atoms with Crippen LogP contribution in [0.4, 0.5) is 0 Å². The molecule has 1 atom stereocenters. The third kappa shape index (κ3) is 2.01. The molecule has 0 saturated carbocycles. The van der Waals surface area contributed by atoms with E-state index in [-0.39, 0.29) is 17.8 Å². The van der Waals surface area contributed by atoms with Crippen molar-refractivity contribution in [3.05, 3.63) is 0 Å². The highest BCUT2D eigenvalue weighted by Gasteiger charge is 2.24. The number of esters is 1. The van der Waals surface area contributed by atoms with Gasteiger partial charge in [0.1, 0.15) is 11.8 Å². The van der Waals surface area contributed by atoms with Crippen molar-refractivity contribution >= 4 is 11.8 Å². The van der Waals surface area contributed by atoms with Crippen LogP contribution in [0, 0.1) is 0 Å². The summed E-state index contributed by atoms with van der Waals surface area (Å²) >= 11 is 0. The minimum Gasteiger partial charge on any atom is -0.468 e. The SMILES string of the molecule is COC(=O)C1CCC(=O)CN1. The van der Waals surface area contributed by atoms with Crippen molar-refractivity contribution in [3.8, 4) is 0 Å². The third-order valence-electron chi connectivity index (χ3n) is 1.74. The van der Waals surface area contributed by atoms with Gasteiger partial charge in [0.05, 0.1) is 13.7 Å². The molecule has 0 aromatic rings. The maximum atomic E-state index is 10.9. The molecule has 1 saturated heterocycles. The Morgan fingerprint density at radius 3 is 2.91 bits per heavy atom. The Balaban J connectivity index is 2.39. The summed E-state index contributed by atoms with van der Waals surface area (Å²) in [7, 11) is 1.35. The number of methoxy groups -OCH3 is 1. The van der Waals surface area contributed by atoms with Gasteiger partial charge in [0.25, 0.3) is 0 Å². The van der Waals surface area contributed by atoms with Gasteiger partial charge in [-0.3, -0.25) is 14.9 Å². The van der Waals surface area contributed by atoms with E-state index in [9.17, 15) is 9.59 Å². The highest BCUT2D eigenvalue weighted by Crippen LogP contribution is 2.04. The van der Waals surface area contributed by atoms with Crippen LogP contribution in [-0.4, -0.2) is 31.4 Å². The number of carbonyl (C=O) groups is 2. The summed E-state index contributed by atoms with van der Waals surface area (Å²) in [5, 5.41) is 2.80. The quantitative estimate of drug-likeness (QED) is 0.520. The number of Topliss-reactive ketones (excluding diaryl/α,β-unsaturated/α-hetero) is 1. The van der Waals surface area contributed by atoms with Gasteiger partial charge in [-0.15, -0.1) is 0 Å². The first-order valence-corrected chi connectivity index (χ1v) is 3.57. The Labute approximate surface area is 64.9 Å². The molecule has 1 rings (SSSR count). The van der Waals surface area contributed by atoms with Crippen LogP contribution >= 0.6 is 0 Å². The van der Waals surface area contributed by atoms with Gasteiger partial charge in [0.15, 0.2) is 0 Å². The number of hydrogen-bond donors (Lipinski definition) is 1. The van der Waals surface area contributed by atoms with E-state index in [0.29, 0.717) is 19.4 Å². The fourth-order valence-electron chi connectivity index (χ4n) is 1.08. The number of ether oxygens (including phenoxy) is 1. The fraction of sp³-hybridized carbons (Fsp3) is 0.714. The maximum absolute atomic E-state index is 10.9. The summed E-state index contributed by atoms with van der Waals surface area (Å²) in [5.41, 5.74) is 0. The number of rotatable bonds is 1. The summed E-state index contributed by atoms with van der Waals surface area (Å²) in [4.78, 5) is 21.6. The van der Waals surface area contributed by atoms with Crippen molar-refractivity contribution < 1.29 is 14.3 Å². The van der Waals surface area contributed by atoms with Gasteiger partial charge in [-0.2, -0.15) is 0 Å². The van der Waals surface area contributed by atoms with Crippen molar-refractivity contribution in [2.45, 2.75) is 18.9 Å². The second-order valence-electron chi connectivity index (χ2n) is 2.53. The molecule has 1 fully saturated rings. The molecule has 4 heteroatoms. The summed E-state index contributed by atoms with van der Waals surface area (Å²) in [5.74, 6) is -0.123. The zero-order chi connectivity index (χ0) is 8.27. The summed E-state index contributed by atoms with van der Waals surface area (Å²) in [6.07, 6.45) is 1.04. The van der Waals surface area contributed by atoms with Crippen molar-refractivity contribution in [1.29, 1.82) is 0 Å². The van der Waals surface area contributed by atoms with Crippen LogP contribution in [0.25, 0.3) is 0 Å². The van der Waals surface area contributed by atoms with E-state index in [4.69, 9.17) is 0 Å². The average Bonchev–Trinajstić information content (AvgIpc) is 2.05. The average molecular weight is 157 g/mol. The molecule has 0 amide bonds. The number of hydrogen-bond acceptors (Lipinski definition) is 4. The van der Waals surface area contributed by atoms with Gasteiger partial charge >= 0.3 is 5.97 Å². The molecule has 1 aliphatic heterocycles. The number of nitrogens with one attached hydrogen (secondary N) is 1. The van der Waals surface area contributed by atoms with Gasteiger partial charge < -0.3 is 4.74 Å². The van der Waals surface area contributed by atoms with Crippen LogP contribution in [0.2, 0.25) is 0 Å². The number of ketones is 1. The maximum Gasteiger partial charge on any atom is 0.322 e. The van der Waals surface area contributed by atoms with Gasteiger partial charge in [-0.05, 0) is 6.42 Å². The minimum absolute atomic E-state index is 0.158. The van der Waals surface area contributed by atoms with Crippen molar-refractivity contribution in [2.24, 2.45) is 0 Å². The first-order chi connectivity index (χ1) is 5.24. The van der Waals surface area contributed by atoms with E-state index in [1.54, 1.807) is 0 Å². The molecule has 0 aromatic carbocycles. The first-order valence-electron chi connectivity index (χ1n) is 3.57. The predicted octanol–water partition coefficient (Wildman–Crippen LogP) is -0.520. The molecule has 1 unspecified atom stereocenters. The van der Waals surface area contributed by atoms with Crippen LogP contribution in [-0.2, 0) is 14.3 Å². The van der Waals surface area contributed by atoms with E-state index in [1.165, 1.54) is 7.11 Å². The molecule has 62 valence electrons. The van der Waals surface area contributed by atoms with Crippen LogP contribution < -0.4 is 5.32 Å². The van der Waals surface area contributed by atoms with E-state index in [0.717, 1.165) is 0 Å². The lowest BCUT2D eigenvalue weighted by Crippen LogP contribution is -2.44. The molecule has 0 radical (unpaired) electrons. The van der Waals surface area contributed by atoms with Gasteiger partial charge in [-0.25, -0.2) is 0 Å². The standard InChI is InChI=1S/C7H11NO3/c1-11-7(10)6-3-2-5(9)4-8-6/h6,8H,2-4H2,1H3. The minimum atomic E-state index is -0.280. The van der Waals surface area contributed by atoms with Crippen molar-refractivity contribution in [1.82, 2.24) is 5.32 Å². The van der Waals surface area contributed by atoms with Crippen LogP contribution in [0.3, 0.4) is 0 Å². The van der Waals surface area contributed by atoms with Gasteiger partial charge in [0.2, 0.25) is 0 Å². The summed E-state index contributed by atoms with van der Waals surface area (Å²) in [6.45, 7) is 0.291.